The second-order valence-corrected chi connectivity index (χ2v) is 4.82. The van der Waals surface area contributed by atoms with E-state index in [4.69, 9.17) is 4.74 Å². The van der Waals surface area contributed by atoms with E-state index in [0.29, 0.717) is 5.75 Å². The van der Waals surface area contributed by atoms with Gasteiger partial charge < -0.3 is 9.84 Å². The van der Waals surface area contributed by atoms with E-state index in [-0.39, 0.29) is 5.92 Å². The number of aliphatic carboxylic acids is 1. The summed E-state index contributed by atoms with van der Waals surface area (Å²) in [5.74, 6) is -0.273. The maximum atomic E-state index is 11.2. The van der Waals surface area contributed by atoms with Crippen molar-refractivity contribution in [2.75, 3.05) is 0 Å². The van der Waals surface area contributed by atoms with E-state index in [1.165, 1.54) is 0 Å². The first-order valence-electron chi connectivity index (χ1n) is 5.73. The largest absolute Gasteiger partial charge is 0.478 e. The summed E-state index contributed by atoms with van der Waals surface area (Å²) in [6.45, 7) is 3.96. The van der Waals surface area contributed by atoms with Gasteiger partial charge in [-0.1, -0.05) is 29.8 Å². The highest BCUT2D eigenvalue weighted by atomic mass is 79.9. The smallest absolute Gasteiger partial charge is 0.345 e. The number of ether oxygens (including phenoxy) is 1. The van der Waals surface area contributed by atoms with Crippen molar-refractivity contribution in [3.05, 3.63) is 28.7 Å². The summed E-state index contributed by atoms with van der Waals surface area (Å²) in [5, 5.41) is 9.19. The fourth-order valence-corrected chi connectivity index (χ4v) is 1.99. The van der Waals surface area contributed by atoms with Gasteiger partial charge in [-0.15, -0.1) is 0 Å². The zero-order valence-electron chi connectivity index (χ0n) is 10.0. The van der Waals surface area contributed by atoms with E-state index >= 15 is 0 Å². The van der Waals surface area contributed by atoms with Gasteiger partial charge in [0.1, 0.15) is 5.75 Å². The molecule has 3 nitrogen and oxygen atoms in total. The molecular formula is C13H17BrO3. The molecule has 17 heavy (non-hydrogen) atoms. The van der Waals surface area contributed by atoms with E-state index in [1.54, 1.807) is 12.1 Å². The fraction of sp³-hybridized carbons (Fsp3) is 0.462. The van der Waals surface area contributed by atoms with Gasteiger partial charge in [0.15, 0.2) is 6.10 Å². The maximum Gasteiger partial charge on any atom is 0.345 e. The average molecular weight is 301 g/mol. The van der Waals surface area contributed by atoms with Crippen molar-refractivity contribution in [2.45, 2.75) is 32.8 Å². The maximum absolute atomic E-state index is 11.2. The number of carboxylic acid groups (broad SMARTS) is 1. The lowest BCUT2D eigenvalue weighted by atomic mass is 9.96. The van der Waals surface area contributed by atoms with Crippen LogP contribution < -0.4 is 4.74 Å². The molecule has 94 valence electrons. The van der Waals surface area contributed by atoms with Crippen molar-refractivity contribution in [2.24, 2.45) is 5.92 Å². The quantitative estimate of drug-likeness (QED) is 0.871. The number of hydrogen-bond acceptors (Lipinski definition) is 2. The van der Waals surface area contributed by atoms with Gasteiger partial charge in [-0.3, -0.25) is 0 Å². The Hall–Kier alpha value is -1.03. The van der Waals surface area contributed by atoms with Crippen LogP contribution >= 0.6 is 15.9 Å². The average Bonchev–Trinajstić information content (AvgIpc) is 2.31. The van der Waals surface area contributed by atoms with Crippen LogP contribution in [0.5, 0.6) is 5.75 Å². The molecule has 0 saturated heterocycles. The molecule has 0 aliphatic rings. The monoisotopic (exact) mass is 300 g/mol. The number of carboxylic acids is 1. The van der Waals surface area contributed by atoms with E-state index in [2.05, 4.69) is 15.9 Å². The molecule has 1 unspecified atom stereocenters. The highest BCUT2D eigenvalue weighted by Gasteiger charge is 2.27. The molecule has 1 rings (SSSR count). The van der Waals surface area contributed by atoms with Crippen LogP contribution in [-0.4, -0.2) is 17.2 Å². The summed E-state index contributed by atoms with van der Waals surface area (Å²) in [5.41, 5.74) is 0. The minimum atomic E-state index is -0.901. The third-order valence-corrected chi connectivity index (χ3v) is 3.33. The molecule has 0 aromatic heterocycles. The van der Waals surface area contributed by atoms with E-state index < -0.39 is 12.1 Å². The van der Waals surface area contributed by atoms with Crippen LogP contribution in [0.4, 0.5) is 0 Å². The minimum absolute atomic E-state index is 0.0381. The summed E-state index contributed by atoms with van der Waals surface area (Å²) < 4.78 is 6.50. The van der Waals surface area contributed by atoms with Gasteiger partial charge in [-0.2, -0.15) is 0 Å². The van der Waals surface area contributed by atoms with Gasteiger partial charge in [-0.05, 0) is 37.1 Å². The number of hydrogen-bond donors (Lipinski definition) is 1. The number of benzene rings is 1. The van der Waals surface area contributed by atoms with Crippen LogP contribution in [0.1, 0.15) is 26.7 Å². The Morgan fingerprint density at radius 3 is 2.24 bits per heavy atom. The Morgan fingerprint density at radius 2 is 1.82 bits per heavy atom. The second kappa shape index (κ2) is 6.64. The van der Waals surface area contributed by atoms with Gasteiger partial charge in [0.2, 0.25) is 0 Å². The Balaban J connectivity index is 2.79. The molecule has 4 heteroatoms. The molecule has 0 aliphatic carbocycles. The van der Waals surface area contributed by atoms with Crippen LogP contribution in [0, 0.1) is 5.92 Å². The SMILES string of the molecule is CCC(CC)C(Oc1ccc(Br)cc1)C(=O)O. The van der Waals surface area contributed by atoms with Crippen molar-refractivity contribution in [3.8, 4) is 5.75 Å². The number of rotatable bonds is 6. The third-order valence-electron chi connectivity index (χ3n) is 2.80. The van der Waals surface area contributed by atoms with Crippen molar-refractivity contribution in [1.29, 1.82) is 0 Å². The predicted molar refractivity (Wildman–Crippen MR) is 70.3 cm³/mol. The first kappa shape index (κ1) is 14.0. The van der Waals surface area contributed by atoms with Crippen LogP contribution in [0.3, 0.4) is 0 Å². The van der Waals surface area contributed by atoms with Gasteiger partial charge in [0, 0.05) is 10.4 Å². The van der Waals surface area contributed by atoms with Crippen LogP contribution in [0.2, 0.25) is 0 Å². The standard InChI is InChI=1S/C13H17BrO3/c1-3-9(4-2)12(13(15)16)17-11-7-5-10(14)6-8-11/h5-9,12H,3-4H2,1-2H3,(H,15,16). The molecule has 0 heterocycles. The molecule has 0 fully saturated rings. The summed E-state index contributed by atoms with van der Waals surface area (Å²) in [6, 6.07) is 7.20. The van der Waals surface area contributed by atoms with Crippen LogP contribution in [-0.2, 0) is 4.79 Å². The first-order chi connectivity index (χ1) is 8.08. The zero-order chi connectivity index (χ0) is 12.8. The van der Waals surface area contributed by atoms with Gasteiger partial charge in [0.05, 0.1) is 0 Å². The van der Waals surface area contributed by atoms with Crippen LogP contribution in [0.15, 0.2) is 28.7 Å². The molecule has 1 N–H and O–H groups in total. The van der Waals surface area contributed by atoms with Crippen molar-refractivity contribution < 1.29 is 14.6 Å². The number of halogens is 1. The fourth-order valence-electron chi connectivity index (χ4n) is 1.72. The molecule has 0 aliphatic heterocycles. The summed E-state index contributed by atoms with van der Waals surface area (Å²) in [6.07, 6.45) is 0.819. The molecule has 1 aromatic carbocycles. The molecule has 0 bridgehead atoms. The van der Waals surface area contributed by atoms with Crippen molar-refractivity contribution in [3.63, 3.8) is 0 Å². The van der Waals surface area contributed by atoms with Gasteiger partial charge >= 0.3 is 5.97 Å². The van der Waals surface area contributed by atoms with Gasteiger partial charge in [-0.25, -0.2) is 4.79 Å². The van der Waals surface area contributed by atoms with Crippen molar-refractivity contribution >= 4 is 21.9 Å². The number of carbonyl (C=O) groups is 1. The van der Waals surface area contributed by atoms with E-state index in [0.717, 1.165) is 17.3 Å². The summed E-state index contributed by atoms with van der Waals surface area (Å²) in [4.78, 5) is 11.2. The Bertz CT molecular complexity index is 357. The highest BCUT2D eigenvalue weighted by molar-refractivity contribution is 9.10. The Kier molecular flexibility index (Phi) is 5.48. The first-order valence-corrected chi connectivity index (χ1v) is 6.52. The molecular weight excluding hydrogens is 284 g/mol. The summed E-state index contributed by atoms with van der Waals surface area (Å²) >= 11 is 3.32. The molecule has 0 saturated carbocycles. The molecule has 0 spiro atoms. The summed E-state index contributed by atoms with van der Waals surface area (Å²) in [7, 11) is 0. The molecule has 0 radical (unpaired) electrons. The van der Waals surface area contributed by atoms with E-state index in [1.807, 2.05) is 26.0 Å². The zero-order valence-corrected chi connectivity index (χ0v) is 11.6. The van der Waals surface area contributed by atoms with Gasteiger partial charge in [0.25, 0.3) is 0 Å². The van der Waals surface area contributed by atoms with Crippen LogP contribution in [0.25, 0.3) is 0 Å². The Labute approximate surface area is 110 Å². The lowest BCUT2D eigenvalue weighted by molar-refractivity contribution is -0.147. The van der Waals surface area contributed by atoms with E-state index in [9.17, 15) is 9.90 Å². The minimum Gasteiger partial charge on any atom is -0.478 e. The molecule has 1 atom stereocenters. The lowest BCUT2D eigenvalue weighted by Gasteiger charge is -2.22. The molecule has 1 aromatic rings. The predicted octanol–water partition coefficient (Wildman–Crippen LogP) is 3.72. The second-order valence-electron chi connectivity index (χ2n) is 3.91. The highest BCUT2D eigenvalue weighted by Crippen LogP contribution is 2.22. The normalized spacial score (nSPS) is 12.5. The lowest BCUT2D eigenvalue weighted by Crippen LogP contribution is -2.34. The Morgan fingerprint density at radius 1 is 1.29 bits per heavy atom. The topological polar surface area (TPSA) is 46.5 Å². The molecule has 0 amide bonds. The third kappa shape index (κ3) is 4.04. The van der Waals surface area contributed by atoms with Crippen molar-refractivity contribution in [1.82, 2.24) is 0 Å².